The first-order chi connectivity index (χ1) is 10.7. The van der Waals surface area contributed by atoms with Crippen LogP contribution in [0.4, 0.5) is 5.69 Å². The van der Waals surface area contributed by atoms with Crippen molar-refractivity contribution in [3.05, 3.63) is 41.2 Å². The molecule has 3 rings (SSSR count). The van der Waals surface area contributed by atoms with Gasteiger partial charge in [-0.15, -0.1) is 0 Å². The summed E-state index contributed by atoms with van der Waals surface area (Å²) in [7, 11) is 0. The van der Waals surface area contributed by atoms with Gasteiger partial charge in [-0.2, -0.15) is 0 Å². The van der Waals surface area contributed by atoms with Gasteiger partial charge in [-0.3, -0.25) is 0 Å². The maximum absolute atomic E-state index is 6.28. The zero-order valence-electron chi connectivity index (χ0n) is 13.0. The standard InChI is InChI=1S/C17H21ClN4/c1-12(2)16-15(22-9-7-19-8-10-22)11-20-17(21-16)13-5-3-4-6-14(13)18/h3-6,11-12,19H,7-10H2,1-2H3. The van der Waals surface area contributed by atoms with E-state index in [1.54, 1.807) is 0 Å². The molecule has 22 heavy (non-hydrogen) atoms. The van der Waals surface area contributed by atoms with Crippen LogP contribution in [0.1, 0.15) is 25.5 Å². The van der Waals surface area contributed by atoms with Crippen LogP contribution in [0, 0.1) is 0 Å². The van der Waals surface area contributed by atoms with E-state index in [1.807, 2.05) is 30.5 Å². The van der Waals surface area contributed by atoms with Crippen LogP contribution in [0.15, 0.2) is 30.5 Å². The molecule has 2 heterocycles. The zero-order valence-corrected chi connectivity index (χ0v) is 13.8. The lowest BCUT2D eigenvalue weighted by Gasteiger charge is -2.31. The zero-order chi connectivity index (χ0) is 15.5. The number of nitrogens with zero attached hydrogens (tertiary/aromatic N) is 3. The van der Waals surface area contributed by atoms with Crippen LogP contribution >= 0.6 is 11.6 Å². The fraction of sp³-hybridized carbons (Fsp3) is 0.412. The summed E-state index contributed by atoms with van der Waals surface area (Å²) >= 11 is 6.28. The number of rotatable bonds is 3. The molecule has 0 amide bonds. The summed E-state index contributed by atoms with van der Waals surface area (Å²) < 4.78 is 0. The molecule has 1 aliphatic heterocycles. The first kappa shape index (κ1) is 15.3. The van der Waals surface area contributed by atoms with E-state index in [9.17, 15) is 0 Å². The smallest absolute Gasteiger partial charge is 0.161 e. The van der Waals surface area contributed by atoms with Crippen LogP contribution in [0.25, 0.3) is 11.4 Å². The number of hydrogen-bond acceptors (Lipinski definition) is 4. The Morgan fingerprint density at radius 1 is 1.18 bits per heavy atom. The van der Waals surface area contributed by atoms with E-state index in [2.05, 4.69) is 29.0 Å². The van der Waals surface area contributed by atoms with Crippen LogP contribution < -0.4 is 10.2 Å². The quantitative estimate of drug-likeness (QED) is 0.943. The molecule has 1 saturated heterocycles. The highest BCUT2D eigenvalue weighted by atomic mass is 35.5. The molecule has 1 fully saturated rings. The van der Waals surface area contributed by atoms with Gasteiger partial charge in [0.05, 0.1) is 22.6 Å². The minimum absolute atomic E-state index is 0.342. The third kappa shape index (κ3) is 3.08. The van der Waals surface area contributed by atoms with Crippen molar-refractivity contribution in [2.45, 2.75) is 19.8 Å². The van der Waals surface area contributed by atoms with E-state index in [1.165, 1.54) is 0 Å². The number of piperazine rings is 1. The second-order valence-electron chi connectivity index (χ2n) is 5.84. The molecule has 1 aromatic heterocycles. The number of aromatic nitrogens is 2. The van der Waals surface area contributed by atoms with Crippen LogP contribution in [0.3, 0.4) is 0 Å². The van der Waals surface area contributed by atoms with Crippen LogP contribution in [0.2, 0.25) is 5.02 Å². The van der Waals surface area contributed by atoms with Crippen molar-refractivity contribution in [2.24, 2.45) is 0 Å². The average molecular weight is 317 g/mol. The van der Waals surface area contributed by atoms with Crippen LogP contribution in [-0.2, 0) is 0 Å². The highest BCUT2D eigenvalue weighted by Gasteiger charge is 2.19. The highest BCUT2D eigenvalue weighted by molar-refractivity contribution is 6.33. The molecule has 5 heteroatoms. The summed E-state index contributed by atoms with van der Waals surface area (Å²) in [5.74, 6) is 1.04. The summed E-state index contributed by atoms with van der Waals surface area (Å²) in [6.07, 6.45) is 1.95. The number of hydrogen-bond donors (Lipinski definition) is 1. The topological polar surface area (TPSA) is 41.1 Å². The summed E-state index contributed by atoms with van der Waals surface area (Å²) in [6.45, 7) is 8.34. The molecule has 0 bridgehead atoms. The summed E-state index contributed by atoms with van der Waals surface area (Å²) in [5.41, 5.74) is 3.12. The number of nitrogens with one attached hydrogen (secondary N) is 1. The lowest BCUT2D eigenvalue weighted by molar-refractivity contribution is 0.584. The molecule has 1 N–H and O–H groups in total. The fourth-order valence-corrected chi connectivity index (χ4v) is 2.96. The predicted octanol–water partition coefficient (Wildman–Crippen LogP) is 3.33. The molecular weight excluding hydrogens is 296 g/mol. The van der Waals surface area contributed by atoms with E-state index in [4.69, 9.17) is 16.6 Å². The maximum Gasteiger partial charge on any atom is 0.161 e. The van der Waals surface area contributed by atoms with Gasteiger partial charge in [0, 0.05) is 31.7 Å². The molecule has 2 aromatic rings. The molecule has 0 unspecified atom stereocenters. The van der Waals surface area contributed by atoms with Crippen molar-refractivity contribution in [3.8, 4) is 11.4 Å². The molecule has 116 valence electrons. The molecule has 0 aliphatic carbocycles. The predicted molar refractivity (Wildman–Crippen MR) is 91.6 cm³/mol. The van der Waals surface area contributed by atoms with E-state index >= 15 is 0 Å². The van der Waals surface area contributed by atoms with E-state index in [-0.39, 0.29) is 0 Å². The largest absolute Gasteiger partial charge is 0.366 e. The lowest BCUT2D eigenvalue weighted by atomic mass is 10.1. The highest BCUT2D eigenvalue weighted by Crippen LogP contribution is 2.30. The molecule has 1 aromatic carbocycles. The Labute approximate surface area is 136 Å². The van der Waals surface area contributed by atoms with Crippen LogP contribution in [-0.4, -0.2) is 36.1 Å². The first-order valence-corrected chi connectivity index (χ1v) is 8.12. The average Bonchev–Trinajstić information content (AvgIpc) is 2.55. The number of anilines is 1. The maximum atomic E-state index is 6.28. The number of halogens is 1. The summed E-state index contributed by atoms with van der Waals surface area (Å²) in [6, 6.07) is 7.72. The SMILES string of the molecule is CC(C)c1nc(-c2ccccc2Cl)ncc1N1CCNCC1. The fourth-order valence-electron chi connectivity index (χ4n) is 2.74. The van der Waals surface area contributed by atoms with Crippen molar-refractivity contribution < 1.29 is 0 Å². The van der Waals surface area contributed by atoms with E-state index in [0.717, 1.165) is 43.1 Å². The van der Waals surface area contributed by atoms with Crippen LogP contribution in [0.5, 0.6) is 0 Å². The van der Waals surface area contributed by atoms with E-state index < -0.39 is 0 Å². The molecule has 0 saturated carbocycles. The van der Waals surface area contributed by atoms with Crippen molar-refractivity contribution in [1.82, 2.24) is 15.3 Å². The Hall–Kier alpha value is -1.65. The second-order valence-corrected chi connectivity index (χ2v) is 6.24. The van der Waals surface area contributed by atoms with Gasteiger partial charge in [-0.25, -0.2) is 9.97 Å². The third-order valence-electron chi connectivity index (χ3n) is 3.92. The van der Waals surface area contributed by atoms with Crippen molar-refractivity contribution >= 4 is 17.3 Å². The van der Waals surface area contributed by atoms with Gasteiger partial charge in [-0.05, 0) is 18.1 Å². The Balaban J connectivity index is 2.02. The third-order valence-corrected chi connectivity index (χ3v) is 4.25. The van der Waals surface area contributed by atoms with Gasteiger partial charge < -0.3 is 10.2 Å². The molecule has 0 radical (unpaired) electrons. The Bertz CT molecular complexity index is 651. The van der Waals surface area contributed by atoms with Gasteiger partial charge in [0.1, 0.15) is 0 Å². The Kier molecular flexibility index (Phi) is 4.60. The monoisotopic (exact) mass is 316 g/mol. The van der Waals surface area contributed by atoms with Gasteiger partial charge in [0.15, 0.2) is 5.82 Å². The molecular formula is C17H21ClN4. The number of benzene rings is 1. The molecule has 0 spiro atoms. The first-order valence-electron chi connectivity index (χ1n) is 7.74. The van der Waals surface area contributed by atoms with Gasteiger partial charge in [0.25, 0.3) is 0 Å². The van der Waals surface area contributed by atoms with Crippen molar-refractivity contribution in [2.75, 3.05) is 31.1 Å². The summed E-state index contributed by atoms with van der Waals surface area (Å²) in [4.78, 5) is 11.8. The van der Waals surface area contributed by atoms with Gasteiger partial charge in [-0.1, -0.05) is 37.6 Å². The van der Waals surface area contributed by atoms with Crippen molar-refractivity contribution in [3.63, 3.8) is 0 Å². The Morgan fingerprint density at radius 2 is 1.91 bits per heavy atom. The van der Waals surface area contributed by atoms with Gasteiger partial charge in [0.2, 0.25) is 0 Å². The Morgan fingerprint density at radius 3 is 2.59 bits per heavy atom. The molecule has 0 atom stereocenters. The van der Waals surface area contributed by atoms with E-state index in [0.29, 0.717) is 16.8 Å². The molecule has 4 nitrogen and oxygen atoms in total. The van der Waals surface area contributed by atoms with Crippen molar-refractivity contribution in [1.29, 1.82) is 0 Å². The normalized spacial score (nSPS) is 15.4. The second kappa shape index (κ2) is 6.63. The minimum atomic E-state index is 0.342. The summed E-state index contributed by atoms with van der Waals surface area (Å²) in [5, 5.41) is 4.07. The minimum Gasteiger partial charge on any atom is -0.366 e. The molecule has 1 aliphatic rings. The lowest BCUT2D eigenvalue weighted by Crippen LogP contribution is -2.44. The van der Waals surface area contributed by atoms with Gasteiger partial charge >= 0.3 is 0 Å².